The molecule has 1 aromatic carbocycles. The van der Waals surface area contributed by atoms with Gasteiger partial charge in [0.1, 0.15) is 5.76 Å². The molecule has 2 aromatic heterocycles. The van der Waals surface area contributed by atoms with Gasteiger partial charge in [0.2, 0.25) is 5.76 Å². The molecule has 0 aliphatic rings. The minimum atomic E-state index is 0.289. The predicted octanol–water partition coefficient (Wildman–Crippen LogP) is 4.15. The fraction of sp³-hybridized carbons (Fsp3) is 0.0714. The molecule has 3 rings (SSSR count). The molecule has 0 spiro atoms. The van der Waals surface area contributed by atoms with Crippen molar-refractivity contribution in [1.82, 2.24) is 5.16 Å². The molecule has 0 radical (unpaired) electrons. The Labute approximate surface area is 114 Å². The van der Waals surface area contributed by atoms with Crippen LogP contribution in [0.2, 0.25) is 5.02 Å². The first-order chi connectivity index (χ1) is 9.16. The summed E-state index contributed by atoms with van der Waals surface area (Å²) in [5.74, 6) is 2.14. The van der Waals surface area contributed by atoms with Crippen molar-refractivity contribution in [2.45, 2.75) is 6.92 Å². The zero-order valence-corrected chi connectivity index (χ0v) is 10.9. The molecule has 96 valence electrons. The Morgan fingerprint density at radius 3 is 2.63 bits per heavy atom. The van der Waals surface area contributed by atoms with Crippen molar-refractivity contribution in [1.29, 1.82) is 0 Å². The highest BCUT2D eigenvalue weighted by atomic mass is 35.5. The molecule has 0 bridgehead atoms. The van der Waals surface area contributed by atoms with Crippen molar-refractivity contribution in [3.8, 4) is 22.6 Å². The topological polar surface area (TPSA) is 65.2 Å². The summed E-state index contributed by atoms with van der Waals surface area (Å²) in [4.78, 5) is 0. The van der Waals surface area contributed by atoms with Crippen molar-refractivity contribution in [3.63, 3.8) is 0 Å². The van der Waals surface area contributed by atoms with Gasteiger partial charge in [-0.15, -0.1) is 0 Å². The van der Waals surface area contributed by atoms with Gasteiger partial charge in [0.15, 0.2) is 11.6 Å². The number of benzene rings is 1. The lowest BCUT2D eigenvalue weighted by atomic mass is 10.0. The van der Waals surface area contributed by atoms with Crippen molar-refractivity contribution >= 4 is 17.4 Å². The molecule has 0 saturated heterocycles. The van der Waals surface area contributed by atoms with Crippen LogP contribution in [0, 0.1) is 6.92 Å². The van der Waals surface area contributed by atoms with Crippen LogP contribution >= 0.6 is 11.6 Å². The first kappa shape index (κ1) is 11.9. The van der Waals surface area contributed by atoms with Crippen LogP contribution in [0.3, 0.4) is 0 Å². The van der Waals surface area contributed by atoms with Gasteiger partial charge in [-0.1, -0.05) is 35.0 Å². The highest BCUT2D eigenvalue weighted by Crippen LogP contribution is 2.40. The van der Waals surface area contributed by atoms with Crippen LogP contribution in [0.5, 0.6) is 0 Å². The van der Waals surface area contributed by atoms with Crippen molar-refractivity contribution in [2.24, 2.45) is 0 Å². The number of rotatable bonds is 2. The molecule has 2 heterocycles. The molecular weight excluding hydrogens is 264 g/mol. The fourth-order valence-electron chi connectivity index (χ4n) is 1.95. The van der Waals surface area contributed by atoms with Gasteiger partial charge in [0.25, 0.3) is 0 Å². The average molecular weight is 275 g/mol. The summed E-state index contributed by atoms with van der Waals surface area (Å²) in [6, 6.07) is 11.1. The van der Waals surface area contributed by atoms with E-state index in [1.165, 1.54) is 0 Å². The van der Waals surface area contributed by atoms with Gasteiger partial charge in [-0.2, -0.15) is 0 Å². The quantitative estimate of drug-likeness (QED) is 0.762. The molecule has 0 unspecified atom stereocenters. The number of halogens is 1. The molecule has 3 aromatic rings. The second-order valence-electron chi connectivity index (χ2n) is 4.16. The Kier molecular flexibility index (Phi) is 2.80. The number of aryl methyl sites for hydroxylation is 1. The largest absolute Gasteiger partial charge is 0.458 e. The predicted molar refractivity (Wildman–Crippen MR) is 73.8 cm³/mol. The smallest absolute Gasteiger partial charge is 0.212 e. The Balaban J connectivity index is 2.22. The summed E-state index contributed by atoms with van der Waals surface area (Å²) in [5, 5.41) is 4.39. The van der Waals surface area contributed by atoms with Crippen LogP contribution in [0.15, 0.2) is 45.3 Å². The minimum Gasteiger partial charge on any atom is -0.458 e. The van der Waals surface area contributed by atoms with Gasteiger partial charge < -0.3 is 14.7 Å². The molecule has 4 nitrogen and oxygen atoms in total. The molecular formula is C14H11ClN2O2. The summed E-state index contributed by atoms with van der Waals surface area (Å²) in [5.41, 5.74) is 7.30. The zero-order valence-electron chi connectivity index (χ0n) is 10.2. The molecule has 5 heteroatoms. The van der Waals surface area contributed by atoms with E-state index in [2.05, 4.69) is 5.16 Å². The summed E-state index contributed by atoms with van der Waals surface area (Å²) < 4.78 is 10.8. The van der Waals surface area contributed by atoms with E-state index in [4.69, 9.17) is 26.3 Å². The van der Waals surface area contributed by atoms with E-state index in [0.29, 0.717) is 22.1 Å². The summed E-state index contributed by atoms with van der Waals surface area (Å²) in [6.07, 6.45) is 0. The number of nitrogens with zero attached hydrogens (tertiary/aromatic N) is 1. The maximum absolute atomic E-state index is 6.20. The Morgan fingerprint density at radius 2 is 1.95 bits per heavy atom. The summed E-state index contributed by atoms with van der Waals surface area (Å²) >= 11 is 6.20. The van der Waals surface area contributed by atoms with Gasteiger partial charge in [-0.3, -0.25) is 0 Å². The highest BCUT2D eigenvalue weighted by Gasteiger charge is 2.21. The van der Waals surface area contributed by atoms with Crippen molar-refractivity contribution in [3.05, 3.63) is 47.2 Å². The van der Waals surface area contributed by atoms with E-state index in [0.717, 1.165) is 11.3 Å². The van der Waals surface area contributed by atoms with Crippen molar-refractivity contribution < 1.29 is 8.94 Å². The Hall–Kier alpha value is -2.20. The van der Waals surface area contributed by atoms with Crippen LogP contribution in [0.25, 0.3) is 22.6 Å². The lowest BCUT2D eigenvalue weighted by Crippen LogP contribution is -1.89. The van der Waals surface area contributed by atoms with Crippen LogP contribution < -0.4 is 5.73 Å². The van der Waals surface area contributed by atoms with E-state index in [9.17, 15) is 0 Å². The number of nitrogens with two attached hydrogens (primary N) is 1. The number of nitrogen functional groups attached to an aromatic ring is 1. The third-order valence-corrected chi connectivity index (χ3v) is 3.16. The van der Waals surface area contributed by atoms with E-state index in [-0.39, 0.29) is 5.82 Å². The third kappa shape index (κ3) is 2.00. The number of aromatic nitrogens is 1. The van der Waals surface area contributed by atoms with Crippen LogP contribution in [0.1, 0.15) is 5.76 Å². The van der Waals surface area contributed by atoms with Crippen molar-refractivity contribution in [2.75, 3.05) is 5.73 Å². The van der Waals surface area contributed by atoms with Gasteiger partial charge in [0.05, 0.1) is 5.56 Å². The zero-order chi connectivity index (χ0) is 13.4. The second-order valence-corrected chi connectivity index (χ2v) is 4.57. The third-order valence-electron chi connectivity index (χ3n) is 2.83. The second kappa shape index (κ2) is 4.48. The molecule has 0 fully saturated rings. The number of hydrogen-bond acceptors (Lipinski definition) is 4. The summed E-state index contributed by atoms with van der Waals surface area (Å²) in [6.45, 7) is 1.86. The van der Waals surface area contributed by atoms with Gasteiger partial charge in [0, 0.05) is 10.6 Å². The van der Waals surface area contributed by atoms with E-state index < -0.39 is 0 Å². The lowest BCUT2D eigenvalue weighted by molar-refractivity contribution is 0.418. The molecule has 0 amide bonds. The van der Waals surface area contributed by atoms with E-state index in [1.807, 2.05) is 37.3 Å². The van der Waals surface area contributed by atoms with Crippen LogP contribution in [0.4, 0.5) is 5.82 Å². The summed E-state index contributed by atoms with van der Waals surface area (Å²) in [7, 11) is 0. The van der Waals surface area contributed by atoms with Gasteiger partial charge >= 0.3 is 0 Å². The minimum absolute atomic E-state index is 0.289. The van der Waals surface area contributed by atoms with E-state index >= 15 is 0 Å². The normalized spacial score (nSPS) is 10.8. The maximum Gasteiger partial charge on any atom is 0.212 e. The fourth-order valence-corrected chi connectivity index (χ4v) is 2.18. The first-order valence-electron chi connectivity index (χ1n) is 5.73. The van der Waals surface area contributed by atoms with Gasteiger partial charge in [-0.05, 0) is 25.1 Å². The first-order valence-corrected chi connectivity index (χ1v) is 6.11. The molecule has 2 N–H and O–H groups in total. The molecule has 0 atom stereocenters. The molecule has 0 aliphatic heterocycles. The Bertz CT molecular complexity index is 731. The number of anilines is 1. The number of furan rings is 1. The SMILES string of the molecule is Cc1ccc(-c2onc(N)c2-c2ccccc2Cl)o1. The monoisotopic (exact) mass is 274 g/mol. The molecule has 0 saturated carbocycles. The maximum atomic E-state index is 6.20. The molecule has 0 aliphatic carbocycles. The average Bonchev–Trinajstić information content (AvgIpc) is 2.96. The van der Waals surface area contributed by atoms with E-state index in [1.54, 1.807) is 6.07 Å². The van der Waals surface area contributed by atoms with Crippen LogP contribution in [-0.2, 0) is 0 Å². The standard InChI is InChI=1S/C14H11ClN2O2/c1-8-6-7-11(18-8)13-12(14(16)17-19-13)9-4-2-3-5-10(9)15/h2-7H,1H3,(H2,16,17). The lowest BCUT2D eigenvalue weighted by Gasteiger charge is -2.03. The van der Waals surface area contributed by atoms with Gasteiger partial charge in [-0.25, -0.2) is 0 Å². The van der Waals surface area contributed by atoms with Crippen LogP contribution in [-0.4, -0.2) is 5.16 Å². The highest BCUT2D eigenvalue weighted by molar-refractivity contribution is 6.33. The number of hydrogen-bond donors (Lipinski definition) is 1. The molecule has 19 heavy (non-hydrogen) atoms. The Morgan fingerprint density at radius 1 is 1.16 bits per heavy atom.